The monoisotopic (exact) mass is 1130 g/mol. The maximum Gasteiger partial charge on any atom is 0.253 e. The molecule has 80 heavy (non-hydrogen) atoms. The molecular formula is C60H73N9O9S2. The molecule has 424 valence electrons. The van der Waals surface area contributed by atoms with Crippen molar-refractivity contribution < 1.29 is 41.0 Å². The smallest absolute Gasteiger partial charge is 0.253 e. The van der Waals surface area contributed by atoms with E-state index < -0.39 is 30.2 Å². The molecule has 5 fully saturated rings. The minimum Gasteiger partial charge on any atom is -0.393 e. The third kappa shape index (κ3) is 14.4. The van der Waals surface area contributed by atoms with Crippen molar-refractivity contribution in [2.24, 2.45) is 0 Å². The summed E-state index contributed by atoms with van der Waals surface area (Å²) in [7, 11) is -6.78. The molecule has 0 unspecified atom stereocenters. The molecule has 5 saturated heterocycles. The topological polar surface area (TPSA) is 226 Å². The molecule has 18 nitrogen and oxygen atoms in total. The summed E-state index contributed by atoms with van der Waals surface area (Å²) in [6.07, 6.45) is 11.0. The molecule has 0 spiro atoms. The highest BCUT2D eigenvalue weighted by Gasteiger charge is 2.32. The molecule has 11 rings (SSSR count). The molecular weight excluding hydrogens is 1050 g/mol. The molecule has 3 N–H and O–H groups in total. The van der Waals surface area contributed by atoms with E-state index in [4.69, 9.17) is 9.47 Å². The highest BCUT2D eigenvalue weighted by atomic mass is 32.2. The third-order valence-corrected chi connectivity index (χ3v) is 20.0. The molecule has 20 heteroatoms. The lowest BCUT2D eigenvalue weighted by Crippen LogP contribution is -2.45. The molecule has 6 aromatic rings. The Bertz CT molecular complexity index is 3210. The number of piperidine rings is 2. The molecule has 2 amide bonds. The van der Waals surface area contributed by atoms with E-state index in [0.717, 1.165) is 48.4 Å². The number of likely N-dealkylation sites (tertiary alicyclic amines) is 3. The van der Waals surface area contributed by atoms with Crippen LogP contribution in [0, 0.1) is 0 Å². The van der Waals surface area contributed by atoms with Gasteiger partial charge in [-0.15, -0.1) is 0 Å². The highest BCUT2D eigenvalue weighted by molar-refractivity contribution is 7.92. The van der Waals surface area contributed by atoms with Gasteiger partial charge in [-0.25, -0.2) is 36.8 Å². The number of amides is 2. The maximum atomic E-state index is 13.1. The molecule has 5 aliphatic heterocycles. The van der Waals surface area contributed by atoms with Gasteiger partial charge in [-0.2, -0.15) is 0 Å². The summed E-state index contributed by atoms with van der Waals surface area (Å²) in [5.74, 6) is 0.848. The van der Waals surface area contributed by atoms with E-state index in [9.17, 15) is 31.5 Å². The fourth-order valence-electron chi connectivity index (χ4n) is 10.8. The summed E-state index contributed by atoms with van der Waals surface area (Å²) in [5, 5.41) is 15.2. The van der Waals surface area contributed by atoms with Crippen LogP contribution in [0.5, 0.6) is 0 Å². The first-order valence-electron chi connectivity index (χ1n) is 28.1. The minimum absolute atomic E-state index is 0.0426. The number of hydrogen-bond acceptors (Lipinski definition) is 16. The van der Waals surface area contributed by atoms with E-state index in [1.807, 2.05) is 43.0 Å². The van der Waals surface area contributed by atoms with Gasteiger partial charge in [-0.1, -0.05) is 38.1 Å². The molecule has 0 saturated carbocycles. The van der Waals surface area contributed by atoms with Crippen molar-refractivity contribution in [1.82, 2.24) is 34.6 Å². The van der Waals surface area contributed by atoms with Crippen LogP contribution in [0.1, 0.15) is 98.8 Å². The van der Waals surface area contributed by atoms with E-state index in [2.05, 4.69) is 35.5 Å². The van der Waals surface area contributed by atoms with Crippen LogP contribution in [-0.4, -0.2) is 157 Å². The number of anilines is 4. The lowest BCUT2D eigenvalue weighted by Gasteiger charge is -2.36. The predicted molar refractivity (Wildman–Crippen MR) is 309 cm³/mol. The van der Waals surface area contributed by atoms with Crippen molar-refractivity contribution in [1.29, 1.82) is 0 Å². The Balaban J connectivity index is 0.000000189. The van der Waals surface area contributed by atoms with Gasteiger partial charge in [0.05, 0.1) is 37.8 Å². The first-order valence-corrected chi connectivity index (χ1v) is 31.2. The Hall–Kier alpha value is -6.68. The molecule has 0 radical (unpaired) electrons. The van der Waals surface area contributed by atoms with Crippen LogP contribution in [0.3, 0.4) is 0 Å². The lowest BCUT2D eigenvalue weighted by molar-refractivity contribution is 0.0545. The van der Waals surface area contributed by atoms with E-state index in [0.29, 0.717) is 128 Å². The summed E-state index contributed by atoms with van der Waals surface area (Å²) in [5.41, 5.74) is 5.71. The van der Waals surface area contributed by atoms with Gasteiger partial charge in [0.25, 0.3) is 11.8 Å². The fourth-order valence-corrected chi connectivity index (χ4v) is 14.2. The number of benzene rings is 4. The SMILES string of the molecule is CC.O=C(c1ccc(Nc2nccc(-c3ccc(S(=O)(=O)C4CCOCC4)cc3)n2)cc1)N1CCC(N2CCCC2)CC1.O=C(c1ccc(Nc2nccc(-c3ccc(S(=O)(=O)C4CCOCC4)cc3)n2)cc1)N1CCC(O)CC1. The van der Waals surface area contributed by atoms with E-state index in [1.54, 1.807) is 102 Å². The van der Waals surface area contributed by atoms with Crippen molar-refractivity contribution >= 4 is 54.8 Å². The van der Waals surface area contributed by atoms with Crippen LogP contribution in [0.4, 0.5) is 23.3 Å². The number of sulfone groups is 2. The van der Waals surface area contributed by atoms with Gasteiger partial charge in [-0.05, 0) is 162 Å². The standard InChI is InChI=1S/C31H37N5O4S.C27H30N4O5S.C2H6/c37-30(36-19-12-26(13-20-36)35-17-1-2-18-35)24-3-7-25(8-4-24)33-31-32-16-11-29(34-31)23-5-9-27(10-6-23)41(38,39)28-14-21-40-22-15-28;32-22-10-15-31(16-11-22)26(33)20-1-5-21(6-2-20)29-27-28-14-9-25(30-27)19-3-7-23(8-4-19)37(34,35)24-12-17-36-18-13-24;1-2/h3-11,16,26,28H,1-2,12-15,17-22H2,(H,32,33,34);1-9,14,22,24,32H,10-13,15-18H2,(H,28,29,30);1-2H3. The zero-order valence-electron chi connectivity index (χ0n) is 45.7. The van der Waals surface area contributed by atoms with Crippen LogP contribution in [0.2, 0.25) is 0 Å². The quantitative estimate of drug-likeness (QED) is 0.0980. The lowest BCUT2D eigenvalue weighted by atomic mass is 10.0. The van der Waals surface area contributed by atoms with Gasteiger partial charge in [0.15, 0.2) is 19.7 Å². The van der Waals surface area contributed by atoms with Crippen molar-refractivity contribution in [3.8, 4) is 22.5 Å². The number of carbonyl (C=O) groups excluding carboxylic acids is 2. The highest BCUT2D eigenvalue weighted by Crippen LogP contribution is 2.30. The van der Waals surface area contributed by atoms with Gasteiger partial charge in [0.2, 0.25) is 11.9 Å². The van der Waals surface area contributed by atoms with Crippen LogP contribution in [0.25, 0.3) is 22.5 Å². The average molecular weight is 1130 g/mol. The number of nitrogens with one attached hydrogen (secondary N) is 2. The summed E-state index contributed by atoms with van der Waals surface area (Å²) >= 11 is 0. The Morgan fingerprint density at radius 3 is 1.26 bits per heavy atom. The number of carbonyl (C=O) groups is 2. The van der Waals surface area contributed by atoms with Crippen molar-refractivity contribution in [2.45, 2.75) is 110 Å². The van der Waals surface area contributed by atoms with Crippen LogP contribution in [-0.2, 0) is 29.1 Å². The van der Waals surface area contributed by atoms with Crippen LogP contribution >= 0.6 is 0 Å². The van der Waals surface area contributed by atoms with E-state index in [-0.39, 0.29) is 17.9 Å². The van der Waals surface area contributed by atoms with E-state index in [1.165, 1.54) is 25.9 Å². The average Bonchev–Trinajstić information content (AvgIpc) is 4.07. The summed E-state index contributed by atoms with van der Waals surface area (Å²) in [6, 6.07) is 32.4. The molecule has 4 aromatic carbocycles. The molecule has 0 atom stereocenters. The Labute approximate surface area is 470 Å². The maximum absolute atomic E-state index is 13.1. The fraction of sp³-hybridized carbons (Fsp3) is 0.433. The Kier molecular flexibility index (Phi) is 19.7. The van der Waals surface area contributed by atoms with Crippen molar-refractivity contribution in [3.05, 3.63) is 133 Å². The second-order valence-electron chi connectivity index (χ2n) is 20.5. The minimum atomic E-state index is -3.39. The van der Waals surface area contributed by atoms with Gasteiger partial charge in [0, 0.05) is 105 Å². The second-order valence-corrected chi connectivity index (χ2v) is 24.9. The zero-order valence-corrected chi connectivity index (χ0v) is 47.3. The van der Waals surface area contributed by atoms with Crippen LogP contribution in [0.15, 0.2) is 131 Å². The number of aliphatic hydroxyl groups excluding tert-OH is 1. The predicted octanol–water partition coefficient (Wildman–Crippen LogP) is 9.00. The number of nitrogens with zero attached hydrogens (tertiary/aromatic N) is 7. The molecule has 0 bridgehead atoms. The molecule has 5 aliphatic rings. The van der Waals surface area contributed by atoms with E-state index >= 15 is 0 Å². The number of aromatic nitrogens is 4. The summed E-state index contributed by atoms with van der Waals surface area (Å²) in [4.78, 5) is 50.6. The number of rotatable bonds is 13. The number of ether oxygens (including phenoxy) is 2. The number of hydrogen-bond donors (Lipinski definition) is 3. The number of aliphatic hydroxyl groups is 1. The van der Waals surface area contributed by atoms with Crippen molar-refractivity contribution in [3.63, 3.8) is 0 Å². The zero-order chi connectivity index (χ0) is 56.1. The van der Waals surface area contributed by atoms with Gasteiger partial charge >= 0.3 is 0 Å². The first kappa shape index (κ1) is 58.0. The third-order valence-electron chi connectivity index (χ3n) is 15.4. The summed E-state index contributed by atoms with van der Waals surface area (Å²) in [6.45, 7) is 11.0. The van der Waals surface area contributed by atoms with Crippen molar-refractivity contribution in [2.75, 3.05) is 76.3 Å². The first-order chi connectivity index (χ1) is 38.9. The molecule has 0 aliphatic carbocycles. The van der Waals surface area contributed by atoms with Gasteiger partial charge < -0.3 is 39.9 Å². The Morgan fingerprint density at radius 2 is 0.875 bits per heavy atom. The second kappa shape index (κ2) is 27.2. The molecule has 7 heterocycles. The molecule has 2 aromatic heterocycles. The van der Waals surface area contributed by atoms with Gasteiger partial charge in [0.1, 0.15) is 0 Å². The largest absolute Gasteiger partial charge is 0.393 e. The normalized spacial score (nSPS) is 18.1. The van der Waals surface area contributed by atoms with Crippen LogP contribution < -0.4 is 10.6 Å². The Morgan fingerprint density at radius 1 is 0.500 bits per heavy atom. The summed E-state index contributed by atoms with van der Waals surface area (Å²) < 4.78 is 62.5. The van der Waals surface area contributed by atoms with Gasteiger partial charge in [-0.3, -0.25) is 9.59 Å².